The molecule has 0 radical (unpaired) electrons. The lowest BCUT2D eigenvalue weighted by atomic mass is 10.0. The first-order valence-electron chi connectivity index (χ1n) is 9.91. The van der Waals surface area contributed by atoms with E-state index in [1.807, 2.05) is 35.7 Å². The van der Waals surface area contributed by atoms with Gasteiger partial charge in [-0.05, 0) is 38.8 Å². The second-order valence-corrected chi connectivity index (χ2v) is 9.23. The molecule has 1 aromatic carbocycles. The van der Waals surface area contributed by atoms with Crippen LogP contribution in [0.2, 0.25) is 0 Å². The highest BCUT2D eigenvalue weighted by atomic mass is 32.1. The zero-order valence-electron chi connectivity index (χ0n) is 18.0. The van der Waals surface area contributed by atoms with Crippen molar-refractivity contribution in [2.45, 2.75) is 38.8 Å². The maximum Gasteiger partial charge on any atom is 0.261 e. The Hall–Kier alpha value is -3.20. The van der Waals surface area contributed by atoms with Crippen molar-refractivity contribution in [2.75, 3.05) is 6.54 Å². The maximum absolute atomic E-state index is 13.0. The minimum atomic E-state index is -1.26. The quantitative estimate of drug-likeness (QED) is 0.607. The van der Waals surface area contributed by atoms with Crippen LogP contribution in [-0.4, -0.2) is 49.8 Å². The number of aromatic nitrogens is 3. The van der Waals surface area contributed by atoms with E-state index in [1.54, 1.807) is 38.6 Å². The number of carbonyl (C=O) groups excluding carboxylic acids is 2. The lowest BCUT2D eigenvalue weighted by Crippen LogP contribution is -2.57. The Labute approximate surface area is 185 Å². The molecule has 1 atom stereocenters. The molecule has 3 rings (SSSR count). The van der Waals surface area contributed by atoms with E-state index in [-0.39, 0.29) is 12.5 Å². The van der Waals surface area contributed by atoms with Gasteiger partial charge >= 0.3 is 0 Å². The number of carbonyl (C=O) groups is 2. The van der Waals surface area contributed by atoms with Crippen molar-refractivity contribution >= 4 is 23.3 Å². The largest absolute Gasteiger partial charge is 0.530 e. The summed E-state index contributed by atoms with van der Waals surface area (Å²) in [5.41, 5.74) is 1.16. The summed E-state index contributed by atoms with van der Waals surface area (Å²) in [6.07, 6.45) is 0.693. The van der Waals surface area contributed by atoms with E-state index in [4.69, 9.17) is 0 Å². The van der Waals surface area contributed by atoms with Gasteiger partial charge in [-0.1, -0.05) is 30.3 Å². The summed E-state index contributed by atoms with van der Waals surface area (Å²) in [5.74, 6) is 0.415. The standard InChI is InChI=1S/C22H27N5O3S/c1-22(2,3)27(21(29)30)12-17(10-15-8-6-5-7-9-15)25-20(28)18-11-16(13-31-18)19-23-14-24-26(19)4/h5-9,11,13-14,17H,10,12H2,1-4H3,(H,25,28)(H,29,30)/p-1/t17-/m0/s1. The van der Waals surface area contributed by atoms with Gasteiger partial charge in [0.2, 0.25) is 0 Å². The van der Waals surface area contributed by atoms with Crippen LogP contribution in [0.15, 0.2) is 48.1 Å². The van der Waals surface area contributed by atoms with Crippen LogP contribution in [0.25, 0.3) is 11.4 Å². The van der Waals surface area contributed by atoms with E-state index in [1.165, 1.54) is 22.6 Å². The number of thiophene rings is 1. The molecule has 3 aromatic rings. The monoisotopic (exact) mass is 440 g/mol. The number of hydrogen-bond acceptors (Lipinski definition) is 6. The molecular weight excluding hydrogens is 414 g/mol. The maximum atomic E-state index is 13.0. The topological polar surface area (TPSA) is 103 Å². The molecule has 0 saturated heterocycles. The fourth-order valence-corrected chi connectivity index (χ4v) is 4.08. The molecular formula is C22H26N5O3S-. The summed E-state index contributed by atoms with van der Waals surface area (Å²) >= 11 is 1.31. The van der Waals surface area contributed by atoms with Gasteiger partial charge in [0.1, 0.15) is 12.4 Å². The van der Waals surface area contributed by atoms with E-state index in [2.05, 4.69) is 15.4 Å². The van der Waals surface area contributed by atoms with Gasteiger partial charge in [0, 0.05) is 30.1 Å². The van der Waals surface area contributed by atoms with E-state index in [0.29, 0.717) is 17.1 Å². The van der Waals surface area contributed by atoms with Gasteiger partial charge < -0.3 is 20.1 Å². The molecule has 2 heterocycles. The first-order chi connectivity index (χ1) is 14.6. The Morgan fingerprint density at radius 2 is 1.97 bits per heavy atom. The van der Waals surface area contributed by atoms with Crippen LogP contribution in [0.5, 0.6) is 0 Å². The average Bonchev–Trinajstić information content (AvgIpc) is 3.34. The molecule has 0 bridgehead atoms. The zero-order valence-corrected chi connectivity index (χ0v) is 18.8. The molecule has 31 heavy (non-hydrogen) atoms. The average molecular weight is 441 g/mol. The Kier molecular flexibility index (Phi) is 6.74. The SMILES string of the molecule is Cn1ncnc1-c1csc(C(=O)N[C@@H](Cc2ccccc2)CN(C(=O)[O-])C(C)(C)C)c1. The van der Waals surface area contributed by atoms with Crippen LogP contribution >= 0.6 is 11.3 Å². The summed E-state index contributed by atoms with van der Waals surface area (Å²) in [4.78, 5) is 30.7. The number of benzene rings is 1. The van der Waals surface area contributed by atoms with E-state index < -0.39 is 17.7 Å². The Balaban J connectivity index is 1.80. The first kappa shape index (κ1) is 22.5. The molecule has 0 saturated carbocycles. The van der Waals surface area contributed by atoms with Crippen molar-refractivity contribution in [3.05, 3.63) is 58.5 Å². The lowest BCUT2D eigenvalue weighted by molar-refractivity contribution is -0.270. The minimum absolute atomic E-state index is 0.119. The molecule has 0 spiro atoms. The second kappa shape index (κ2) is 9.30. The van der Waals surface area contributed by atoms with Gasteiger partial charge in [0.15, 0.2) is 5.82 Å². The van der Waals surface area contributed by atoms with Crippen molar-refractivity contribution in [1.29, 1.82) is 0 Å². The molecule has 2 aromatic heterocycles. The van der Waals surface area contributed by atoms with E-state index in [0.717, 1.165) is 11.1 Å². The molecule has 1 N–H and O–H groups in total. The highest BCUT2D eigenvalue weighted by molar-refractivity contribution is 7.12. The summed E-state index contributed by atoms with van der Waals surface area (Å²) in [6.45, 7) is 5.53. The van der Waals surface area contributed by atoms with Gasteiger partial charge in [-0.25, -0.2) is 9.67 Å². The van der Waals surface area contributed by atoms with Gasteiger partial charge in [-0.2, -0.15) is 5.10 Å². The van der Waals surface area contributed by atoms with E-state index >= 15 is 0 Å². The predicted octanol–water partition coefficient (Wildman–Crippen LogP) is 2.33. The Morgan fingerprint density at radius 1 is 1.26 bits per heavy atom. The number of hydrogen-bond donors (Lipinski definition) is 1. The summed E-state index contributed by atoms with van der Waals surface area (Å²) < 4.78 is 1.64. The van der Waals surface area contributed by atoms with Crippen LogP contribution in [0.3, 0.4) is 0 Å². The number of rotatable bonds is 7. The molecule has 0 aliphatic heterocycles. The molecule has 2 amide bonds. The summed E-state index contributed by atoms with van der Waals surface area (Å²) in [7, 11) is 1.79. The third kappa shape index (κ3) is 5.69. The molecule has 0 aliphatic rings. The smallest absolute Gasteiger partial charge is 0.261 e. The minimum Gasteiger partial charge on any atom is -0.530 e. The van der Waals surface area contributed by atoms with Crippen molar-refractivity contribution < 1.29 is 14.7 Å². The van der Waals surface area contributed by atoms with Gasteiger partial charge in [0.25, 0.3) is 5.91 Å². The van der Waals surface area contributed by atoms with Gasteiger partial charge in [0.05, 0.1) is 10.9 Å². The Morgan fingerprint density at radius 3 is 2.55 bits per heavy atom. The number of nitrogens with one attached hydrogen (secondary N) is 1. The molecule has 164 valence electrons. The Bertz CT molecular complexity index is 1040. The highest BCUT2D eigenvalue weighted by Crippen LogP contribution is 2.24. The van der Waals surface area contributed by atoms with E-state index in [9.17, 15) is 14.7 Å². The molecule has 0 fully saturated rings. The third-order valence-electron chi connectivity index (χ3n) is 4.89. The number of amides is 2. The fourth-order valence-electron chi connectivity index (χ4n) is 3.29. The van der Waals surface area contributed by atoms with Crippen LogP contribution in [-0.2, 0) is 13.5 Å². The second-order valence-electron chi connectivity index (χ2n) is 8.31. The molecule has 9 heteroatoms. The zero-order chi connectivity index (χ0) is 22.6. The van der Waals surface area contributed by atoms with Crippen LogP contribution in [0.1, 0.15) is 36.0 Å². The summed E-state index contributed by atoms with van der Waals surface area (Å²) in [6, 6.07) is 11.0. The molecule has 8 nitrogen and oxygen atoms in total. The normalized spacial score (nSPS) is 12.4. The third-order valence-corrected chi connectivity index (χ3v) is 5.82. The van der Waals surface area contributed by atoms with Gasteiger partial charge in [-0.3, -0.25) is 4.79 Å². The predicted molar refractivity (Wildman–Crippen MR) is 118 cm³/mol. The van der Waals surface area contributed by atoms with Crippen molar-refractivity contribution in [3.8, 4) is 11.4 Å². The first-order valence-corrected chi connectivity index (χ1v) is 10.8. The molecule has 0 aliphatic carbocycles. The van der Waals surface area contributed by atoms with Gasteiger partial charge in [-0.15, -0.1) is 11.3 Å². The van der Waals surface area contributed by atoms with Crippen LogP contribution in [0, 0.1) is 0 Å². The van der Waals surface area contributed by atoms with Crippen LogP contribution < -0.4 is 10.4 Å². The van der Waals surface area contributed by atoms with Crippen molar-refractivity contribution in [2.24, 2.45) is 7.05 Å². The fraction of sp³-hybridized carbons (Fsp3) is 0.364. The van der Waals surface area contributed by atoms with Crippen LogP contribution in [0.4, 0.5) is 4.79 Å². The number of carboxylic acid groups (broad SMARTS) is 1. The number of aryl methyl sites for hydroxylation is 1. The highest BCUT2D eigenvalue weighted by Gasteiger charge is 2.26. The van der Waals surface area contributed by atoms with Crippen molar-refractivity contribution in [1.82, 2.24) is 25.0 Å². The molecule has 0 unspecified atom stereocenters. The lowest BCUT2D eigenvalue weighted by Gasteiger charge is -2.40. The van der Waals surface area contributed by atoms with Crippen molar-refractivity contribution in [3.63, 3.8) is 0 Å². The summed E-state index contributed by atoms with van der Waals surface area (Å²) in [5, 5.41) is 20.7. The number of nitrogens with zero attached hydrogens (tertiary/aromatic N) is 4.